The molecule has 12 aliphatic carbocycles. The van der Waals surface area contributed by atoms with Gasteiger partial charge in [-0.05, 0) is 197 Å². The largest absolute Gasteiger partial charge is 0.463 e. The summed E-state index contributed by atoms with van der Waals surface area (Å²) in [5.41, 5.74) is -0.536. The molecule has 0 radical (unpaired) electrons. The smallest absolute Gasteiger partial charge is 0.347 e. The zero-order chi connectivity index (χ0) is 54.8. The molecule has 0 aromatic carbocycles. The first-order chi connectivity index (χ1) is 35.2. The fourth-order valence-electron chi connectivity index (χ4n) is 15.1. The van der Waals surface area contributed by atoms with Crippen LogP contribution in [0.2, 0.25) is 0 Å². The number of rotatable bonds is 14. The van der Waals surface area contributed by atoms with Crippen molar-refractivity contribution in [2.45, 2.75) is 179 Å². The van der Waals surface area contributed by atoms with Crippen molar-refractivity contribution in [3.63, 3.8) is 0 Å². The topological polar surface area (TPSA) is 231 Å². The Morgan fingerprint density at radius 3 is 1.24 bits per heavy atom. The van der Waals surface area contributed by atoms with Gasteiger partial charge in [0, 0.05) is 35.1 Å². The summed E-state index contributed by atoms with van der Waals surface area (Å²) in [6.07, 6.45) is 17.2. The van der Waals surface area contributed by atoms with E-state index in [-0.39, 0.29) is 29.3 Å². The van der Waals surface area contributed by atoms with Crippen molar-refractivity contribution in [3.05, 3.63) is 48.6 Å². The van der Waals surface area contributed by atoms with Crippen molar-refractivity contribution in [1.82, 2.24) is 0 Å². The Balaban J connectivity index is 0.000000150. The summed E-state index contributed by atoms with van der Waals surface area (Å²) >= 11 is 0. The van der Waals surface area contributed by atoms with Crippen LogP contribution in [0.1, 0.15) is 151 Å². The summed E-state index contributed by atoms with van der Waals surface area (Å²) in [6, 6.07) is 0. The molecule has 0 aromatic rings. The first-order valence-electron chi connectivity index (χ1n) is 27.1. The van der Waals surface area contributed by atoms with Gasteiger partial charge in [-0.3, -0.25) is 0 Å². The highest BCUT2D eigenvalue weighted by Crippen LogP contribution is 2.61. The average Bonchev–Trinajstić information content (AvgIpc) is 3.72. The normalized spacial score (nSPS) is 37.0. The standard InChI is InChI=1S/C19H26O6.C17H24O4.C14H20O3.C8H10O4/c1-11(2)18(22)24-9-16(20)23-10-17(21)25-19(3)14-5-12-4-13(7-14)8-15(19)6-12;1-10(2)16(19)20-9-15(18)21-17(3)13-5-11-4-12(7-13)8-14(17)6-11;1-9(2)12(15)17-14-6-10-3-11(7-14)5-13(16,4-10)8-14;1-5(2)7(9)12-6-3-4-11-8(6)10/h12-15H,1,4-10H2,2-3H3;11-14H,1,4-9H2,2-3H3;10-11,16H,1,3-8H2,2H3;6H,1,3-4H2,2H3. The van der Waals surface area contributed by atoms with E-state index in [4.69, 9.17) is 28.4 Å². The van der Waals surface area contributed by atoms with Gasteiger partial charge >= 0.3 is 47.8 Å². The molecular weight excluding hydrogens is 969 g/mol. The van der Waals surface area contributed by atoms with E-state index in [1.165, 1.54) is 58.8 Å². The molecule has 13 rings (SSSR count). The third-order valence-corrected chi connectivity index (χ3v) is 18.0. The van der Waals surface area contributed by atoms with Crippen LogP contribution in [0.15, 0.2) is 48.6 Å². The van der Waals surface area contributed by atoms with Crippen molar-refractivity contribution in [1.29, 1.82) is 0 Å². The predicted octanol–water partition coefficient (Wildman–Crippen LogP) is 7.88. The maximum atomic E-state index is 12.2. The van der Waals surface area contributed by atoms with Crippen molar-refractivity contribution < 1.29 is 81.4 Å². The van der Waals surface area contributed by atoms with E-state index in [1.807, 2.05) is 6.92 Å². The number of carbonyl (C=O) groups excluding carboxylic acids is 8. The molecule has 12 saturated carbocycles. The second-order valence-electron chi connectivity index (χ2n) is 24.5. The number of hydrogen-bond donors (Lipinski definition) is 1. The number of ether oxygens (including phenoxy) is 8. The second kappa shape index (κ2) is 23.1. The van der Waals surface area contributed by atoms with E-state index < -0.39 is 77.9 Å². The van der Waals surface area contributed by atoms with E-state index in [9.17, 15) is 43.5 Å². The molecule has 1 heterocycles. The summed E-state index contributed by atoms with van der Waals surface area (Å²) in [5.74, 6) is 1.87. The number of hydrogen-bond acceptors (Lipinski definition) is 17. The summed E-state index contributed by atoms with van der Waals surface area (Å²) in [5, 5.41) is 10.5. The fourth-order valence-corrected chi connectivity index (χ4v) is 15.1. The molecule has 13 fully saturated rings. The first-order valence-corrected chi connectivity index (χ1v) is 27.1. The van der Waals surface area contributed by atoms with Gasteiger partial charge < -0.3 is 43.0 Å². The molecule has 17 heteroatoms. The lowest BCUT2D eigenvalue weighted by Gasteiger charge is -2.59. The predicted molar refractivity (Wildman–Crippen MR) is 269 cm³/mol. The maximum absolute atomic E-state index is 12.2. The monoisotopic (exact) mass is 1050 g/mol. The molecule has 3 atom stereocenters. The number of esters is 8. The van der Waals surface area contributed by atoms with Crippen LogP contribution in [0.5, 0.6) is 0 Å². The van der Waals surface area contributed by atoms with E-state index in [0.717, 1.165) is 75.0 Å². The zero-order valence-electron chi connectivity index (χ0n) is 45.0. The van der Waals surface area contributed by atoms with Crippen LogP contribution in [0.4, 0.5) is 0 Å². The molecule has 13 aliphatic rings. The lowest BCUT2D eigenvalue weighted by atomic mass is 9.50. The summed E-state index contributed by atoms with van der Waals surface area (Å²) in [6.45, 7) is 23.3. The molecule has 1 N–H and O–H groups in total. The zero-order valence-corrected chi connectivity index (χ0v) is 45.0. The van der Waals surface area contributed by atoms with E-state index in [1.54, 1.807) is 13.8 Å². The number of aliphatic hydroxyl groups is 1. The Kier molecular flexibility index (Phi) is 17.7. The van der Waals surface area contributed by atoms with E-state index in [2.05, 4.69) is 42.7 Å². The van der Waals surface area contributed by atoms with Crippen LogP contribution in [-0.4, -0.2) is 108 Å². The van der Waals surface area contributed by atoms with Gasteiger partial charge in [-0.15, -0.1) is 0 Å². The van der Waals surface area contributed by atoms with Crippen molar-refractivity contribution >= 4 is 47.8 Å². The molecular formula is C58H80O17. The van der Waals surface area contributed by atoms with Crippen molar-refractivity contribution in [2.75, 3.05) is 26.4 Å². The maximum Gasteiger partial charge on any atom is 0.347 e. The van der Waals surface area contributed by atoms with Crippen molar-refractivity contribution in [2.24, 2.45) is 59.2 Å². The van der Waals surface area contributed by atoms with Crippen LogP contribution < -0.4 is 0 Å². The Morgan fingerprint density at radius 2 is 0.880 bits per heavy atom. The molecule has 12 bridgehead atoms. The molecule has 0 aromatic heterocycles. The molecule has 17 nitrogen and oxygen atoms in total. The lowest BCUT2D eigenvalue weighted by molar-refractivity contribution is -0.217. The van der Waals surface area contributed by atoms with Gasteiger partial charge in [0.1, 0.15) is 16.8 Å². The van der Waals surface area contributed by atoms with Crippen molar-refractivity contribution in [3.8, 4) is 0 Å². The first kappa shape index (κ1) is 57.4. The van der Waals surface area contributed by atoms with Gasteiger partial charge in [0.05, 0.1) is 12.2 Å². The Labute approximate surface area is 441 Å². The summed E-state index contributed by atoms with van der Waals surface area (Å²) in [4.78, 5) is 91.8. The number of carbonyl (C=O) groups is 8. The minimum Gasteiger partial charge on any atom is -0.463 e. The van der Waals surface area contributed by atoms with Gasteiger partial charge in [0.15, 0.2) is 19.8 Å². The quantitative estimate of drug-likeness (QED) is 0.0990. The Morgan fingerprint density at radius 1 is 0.507 bits per heavy atom. The summed E-state index contributed by atoms with van der Waals surface area (Å²) in [7, 11) is 0. The number of cyclic esters (lactones) is 1. The highest BCUT2D eigenvalue weighted by Gasteiger charge is 2.60. The van der Waals surface area contributed by atoms with Gasteiger partial charge in [-0.2, -0.15) is 0 Å². The van der Waals surface area contributed by atoms with Crippen LogP contribution in [0.3, 0.4) is 0 Å². The Bertz CT molecular complexity index is 2240. The van der Waals surface area contributed by atoms with Gasteiger partial charge in [0.25, 0.3) is 0 Å². The minimum absolute atomic E-state index is 0.196. The average molecular weight is 1050 g/mol. The third-order valence-electron chi connectivity index (χ3n) is 18.0. The second-order valence-corrected chi connectivity index (χ2v) is 24.5. The minimum atomic E-state index is -0.776. The molecule has 0 amide bonds. The van der Waals surface area contributed by atoms with Crippen LogP contribution in [-0.2, 0) is 76.3 Å². The molecule has 3 unspecified atom stereocenters. The lowest BCUT2D eigenvalue weighted by Crippen LogP contribution is -2.60. The van der Waals surface area contributed by atoms with Gasteiger partial charge in [-0.25, -0.2) is 38.4 Å². The fraction of sp³-hybridized carbons (Fsp3) is 0.724. The third kappa shape index (κ3) is 13.8. The highest BCUT2D eigenvalue weighted by atomic mass is 16.6. The molecule has 75 heavy (non-hydrogen) atoms. The van der Waals surface area contributed by atoms with E-state index in [0.29, 0.717) is 66.1 Å². The van der Waals surface area contributed by atoms with Gasteiger partial charge in [0.2, 0.25) is 6.10 Å². The molecule has 1 aliphatic heterocycles. The van der Waals surface area contributed by atoms with Crippen LogP contribution >= 0.6 is 0 Å². The van der Waals surface area contributed by atoms with Crippen LogP contribution in [0, 0.1) is 59.2 Å². The molecule has 414 valence electrons. The highest BCUT2D eigenvalue weighted by molar-refractivity contribution is 5.90. The Hall–Kier alpha value is -5.32. The van der Waals surface area contributed by atoms with Gasteiger partial charge in [-0.1, -0.05) is 26.3 Å². The SMILES string of the molecule is C=C(C)C(=O)OC12CC3CC(CC(O)(C3)C1)C2.C=C(C)C(=O)OC1CCOC1=O.C=C(C)C(=O)OCC(=O)OC1(C)C2CC3CC(C2)CC1C3.C=C(C)C(=O)OCC(=O)OCC(=O)OC1(C)C2CC3CC(C2)CC1C3. The molecule has 0 spiro atoms. The van der Waals surface area contributed by atoms with Crippen LogP contribution in [0.25, 0.3) is 0 Å². The van der Waals surface area contributed by atoms with E-state index >= 15 is 0 Å². The molecule has 1 saturated heterocycles. The summed E-state index contributed by atoms with van der Waals surface area (Å²) < 4.78 is 41.1.